The van der Waals surface area contributed by atoms with Gasteiger partial charge in [0.05, 0.1) is 0 Å². The van der Waals surface area contributed by atoms with Crippen LogP contribution in [0.25, 0.3) is 0 Å². The SMILES string of the molecule is CC[C@H](C)C(O)c1noc(C)n1. The van der Waals surface area contributed by atoms with Crippen LogP contribution in [0.15, 0.2) is 4.52 Å². The van der Waals surface area contributed by atoms with Gasteiger partial charge in [0.25, 0.3) is 0 Å². The Hall–Kier alpha value is -0.900. The Balaban J connectivity index is 2.70. The summed E-state index contributed by atoms with van der Waals surface area (Å²) in [5, 5.41) is 13.3. The average Bonchev–Trinajstić information content (AvgIpc) is 2.49. The third-order valence-corrected chi connectivity index (χ3v) is 1.99. The predicted octanol–water partition coefficient (Wildman–Crippen LogP) is 1.46. The Morgan fingerprint density at radius 1 is 1.58 bits per heavy atom. The molecule has 0 aliphatic heterocycles. The zero-order valence-electron chi connectivity index (χ0n) is 7.61. The van der Waals surface area contributed by atoms with E-state index in [1.165, 1.54) is 0 Å². The second-order valence-corrected chi connectivity index (χ2v) is 3.00. The van der Waals surface area contributed by atoms with Crippen LogP contribution in [0.3, 0.4) is 0 Å². The largest absolute Gasteiger partial charge is 0.385 e. The van der Waals surface area contributed by atoms with Crippen molar-refractivity contribution in [2.75, 3.05) is 0 Å². The van der Waals surface area contributed by atoms with Crippen LogP contribution in [0.1, 0.15) is 38.1 Å². The Labute approximate surface area is 71.6 Å². The van der Waals surface area contributed by atoms with E-state index in [0.717, 1.165) is 6.42 Å². The maximum atomic E-state index is 9.62. The fourth-order valence-electron chi connectivity index (χ4n) is 0.913. The van der Waals surface area contributed by atoms with Crippen LogP contribution >= 0.6 is 0 Å². The van der Waals surface area contributed by atoms with Crippen molar-refractivity contribution >= 4 is 0 Å². The van der Waals surface area contributed by atoms with Gasteiger partial charge in [-0.05, 0) is 5.92 Å². The molecule has 0 aliphatic carbocycles. The number of nitrogens with zero attached hydrogens (tertiary/aromatic N) is 2. The standard InChI is InChI=1S/C8H14N2O2/c1-4-5(2)7(11)8-9-6(3)12-10-8/h5,7,11H,4H2,1-3H3/t5-,7?/m0/s1. The van der Waals surface area contributed by atoms with Gasteiger partial charge in [0, 0.05) is 6.92 Å². The average molecular weight is 170 g/mol. The Kier molecular flexibility index (Phi) is 2.81. The smallest absolute Gasteiger partial charge is 0.223 e. The van der Waals surface area contributed by atoms with Crippen molar-refractivity contribution in [1.82, 2.24) is 10.1 Å². The van der Waals surface area contributed by atoms with E-state index < -0.39 is 6.10 Å². The molecule has 1 rings (SSSR count). The summed E-state index contributed by atoms with van der Waals surface area (Å²) in [4.78, 5) is 3.95. The van der Waals surface area contributed by atoms with E-state index >= 15 is 0 Å². The van der Waals surface area contributed by atoms with Crippen molar-refractivity contribution in [1.29, 1.82) is 0 Å². The molecule has 1 aromatic rings. The summed E-state index contributed by atoms with van der Waals surface area (Å²) in [7, 11) is 0. The molecule has 0 bridgehead atoms. The minimum atomic E-state index is -0.604. The van der Waals surface area contributed by atoms with Crippen LogP contribution in [-0.2, 0) is 0 Å². The van der Waals surface area contributed by atoms with Gasteiger partial charge in [-0.15, -0.1) is 0 Å². The summed E-state index contributed by atoms with van der Waals surface area (Å²) in [5.41, 5.74) is 0. The third kappa shape index (κ3) is 1.82. The third-order valence-electron chi connectivity index (χ3n) is 1.99. The molecule has 0 saturated heterocycles. The zero-order valence-corrected chi connectivity index (χ0v) is 7.61. The van der Waals surface area contributed by atoms with Crippen LogP contribution in [0.5, 0.6) is 0 Å². The number of aromatic nitrogens is 2. The highest BCUT2D eigenvalue weighted by Crippen LogP contribution is 2.20. The first-order valence-corrected chi connectivity index (χ1v) is 4.13. The van der Waals surface area contributed by atoms with Gasteiger partial charge in [0.2, 0.25) is 11.7 Å². The van der Waals surface area contributed by atoms with Gasteiger partial charge in [-0.2, -0.15) is 4.98 Å². The number of hydrogen-bond donors (Lipinski definition) is 1. The maximum absolute atomic E-state index is 9.62. The van der Waals surface area contributed by atoms with E-state index in [1.807, 2.05) is 13.8 Å². The van der Waals surface area contributed by atoms with E-state index in [4.69, 9.17) is 4.52 Å². The van der Waals surface area contributed by atoms with Crippen LogP contribution < -0.4 is 0 Å². The second-order valence-electron chi connectivity index (χ2n) is 3.00. The number of aliphatic hydroxyl groups excluding tert-OH is 1. The topological polar surface area (TPSA) is 59.2 Å². The van der Waals surface area contributed by atoms with E-state index in [0.29, 0.717) is 11.7 Å². The van der Waals surface area contributed by atoms with E-state index in [-0.39, 0.29) is 5.92 Å². The summed E-state index contributed by atoms with van der Waals surface area (Å²) in [6.45, 7) is 5.68. The highest BCUT2D eigenvalue weighted by Gasteiger charge is 2.19. The summed E-state index contributed by atoms with van der Waals surface area (Å²) in [6.07, 6.45) is 0.293. The predicted molar refractivity (Wildman–Crippen MR) is 43.4 cm³/mol. The monoisotopic (exact) mass is 170 g/mol. The normalized spacial score (nSPS) is 16.0. The molecule has 1 unspecified atom stereocenters. The summed E-state index contributed by atoms with van der Waals surface area (Å²) >= 11 is 0. The quantitative estimate of drug-likeness (QED) is 0.746. The molecule has 0 aliphatic rings. The Morgan fingerprint density at radius 2 is 2.25 bits per heavy atom. The zero-order chi connectivity index (χ0) is 9.14. The molecule has 0 amide bonds. The lowest BCUT2D eigenvalue weighted by molar-refractivity contribution is 0.104. The molecular weight excluding hydrogens is 156 g/mol. The highest BCUT2D eigenvalue weighted by molar-refractivity contribution is 4.90. The molecule has 1 heterocycles. The number of hydrogen-bond acceptors (Lipinski definition) is 4. The lowest BCUT2D eigenvalue weighted by atomic mass is 10.0. The molecule has 1 aromatic heterocycles. The first kappa shape index (κ1) is 9.19. The minimum Gasteiger partial charge on any atom is -0.385 e. The molecule has 0 fully saturated rings. The van der Waals surface area contributed by atoms with Crippen molar-refractivity contribution in [3.8, 4) is 0 Å². The van der Waals surface area contributed by atoms with Crippen LogP contribution in [0.4, 0.5) is 0 Å². The highest BCUT2D eigenvalue weighted by atomic mass is 16.5. The van der Waals surface area contributed by atoms with E-state index in [9.17, 15) is 5.11 Å². The van der Waals surface area contributed by atoms with Crippen molar-refractivity contribution < 1.29 is 9.63 Å². The molecule has 0 spiro atoms. The Bertz CT molecular complexity index is 247. The van der Waals surface area contributed by atoms with E-state index in [1.54, 1.807) is 6.92 Å². The molecule has 2 atom stereocenters. The lowest BCUT2D eigenvalue weighted by Crippen LogP contribution is -2.09. The molecule has 0 radical (unpaired) electrons. The molecule has 12 heavy (non-hydrogen) atoms. The second kappa shape index (κ2) is 3.67. The van der Waals surface area contributed by atoms with Crippen LogP contribution in [0.2, 0.25) is 0 Å². The molecule has 0 saturated carbocycles. The van der Waals surface area contributed by atoms with Gasteiger partial charge in [0.1, 0.15) is 6.10 Å². The van der Waals surface area contributed by atoms with Gasteiger partial charge in [-0.25, -0.2) is 0 Å². The van der Waals surface area contributed by atoms with Crippen LogP contribution in [0, 0.1) is 12.8 Å². The maximum Gasteiger partial charge on any atom is 0.223 e. The number of rotatable bonds is 3. The van der Waals surface area contributed by atoms with Crippen molar-refractivity contribution in [2.24, 2.45) is 5.92 Å². The fourth-order valence-corrected chi connectivity index (χ4v) is 0.913. The van der Waals surface area contributed by atoms with Gasteiger partial charge in [0.15, 0.2) is 0 Å². The number of aliphatic hydroxyl groups is 1. The first-order chi connectivity index (χ1) is 5.65. The molecule has 0 aromatic carbocycles. The fraction of sp³-hybridized carbons (Fsp3) is 0.750. The molecule has 1 N–H and O–H groups in total. The molecule has 4 heteroatoms. The van der Waals surface area contributed by atoms with Crippen molar-refractivity contribution in [3.63, 3.8) is 0 Å². The van der Waals surface area contributed by atoms with E-state index in [2.05, 4.69) is 10.1 Å². The lowest BCUT2D eigenvalue weighted by Gasteiger charge is -2.12. The summed E-state index contributed by atoms with van der Waals surface area (Å²) < 4.78 is 4.76. The van der Waals surface area contributed by atoms with Gasteiger partial charge in [-0.1, -0.05) is 25.4 Å². The summed E-state index contributed by atoms with van der Waals surface area (Å²) in [5.74, 6) is 1.05. The van der Waals surface area contributed by atoms with Crippen molar-refractivity contribution in [3.05, 3.63) is 11.7 Å². The van der Waals surface area contributed by atoms with Crippen molar-refractivity contribution in [2.45, 2.75) is 33.3 Å². The summed E-state index contributed by atoms with van der Waals surface area (Å²) in [6, 6.07) is 0. The molecular formula is C8H14N2O2. The minimum absolute atomic E-state index is 0.169. The molecule has 4 nitrogen and oxygen atoms in total. The first-order valence-electron chi connectivity index (χ1n) is 4.13. The van der Waals surface area contributed by atoms with Crippen LogP contribution in [-0.4, -0.2) is 15.2 Å². The number of aryl methyl sites for hydroxylation is 1. The van der Waals surface area contributed by atoms with Gasteiger partial charge < -0.3 is 9.63 Å². The Morgan fingerprint density at radius 3 is 2.67 bits per heavy atom. The van der Waals surface area contributed by atoms with Gasteiger partial charge in [-0.3, -0.25) is 0 Å². The van der Waals surface area contributed by atoms with Gasteiger partial charge >= 0.3 is 0 Å². The molecule has 68 valence electrons.